The molecule has 5 rings (SSSR count). The lowest BCUT2D eigenvalue weighted by Crippen LogP contribution is -2.72. The number of halogens is 1. The Morgan fingerprint density at radius 2 is 1.71 bits per heavy atom. The quantitative estimate of drug-likeness (QED) is 0.502. The highest BCUT2D eigenvalue weighted by molar-refractivity contribution is 7.80. The molecule has 7 nitrogen and oxygen atoms in total. The maximum Gasteiger partial charge on any atom is 0.236 e. The number of hydrogen-bond acceptors (Lipinski definition) is 5. The second-order valence-corrected chi connectivity index (χ2v) is 8.88. The summed E-state index contributed by atoms with van der Waals surface area (Å²) in [7, 11) is 3.16. The summed E-state index contributed by atoms with van der Waals surface area (Å²) in [6, 6.07) is 18.0. The van der Waals surface area contributed by atoms with Crippen LogP contribution in [0.4, 0.5) is 15.8 Å². The van der Waals surface area contributed by atoms with E-state index >= 15 is 0 Å². The van der Waals surface area contributed by atoms with Crippen molar-refractivity contribution in [2.24, 2.45) is 5.92 Å². The van der Waals surface area contributed by atoms with Crippen molar-refractivity contribution in [1.29, 1.82) is 0 Å². The second-order valence-electron chi connectivity index (χ2n) is 8.49. The number of hydrogen-bond donors (Lipinski definition) is 2. The molecule has 3 aromatic rings. The van der Waals surface area contributed by atoms with E-state index in [9.17, 15) is 9.18 Å². The van der Waals surface area contributed by atoms with E-state index in [4.69, 9.17) is 26.4 Å². The molecule has 35 heavy (non-hydrogen) atoms. The van der Waals surface area contributed by atoms with Gasteiger partial charge in [0.15, 0.2) is 10.8 Å². The summed E-state index contributed by atoms with van der Waals surface area (Å²) < 4.78 is 30.8. The topological polar surface area (TPSA) is 72.1 Å². The Labute approximate surface area is 207 Å². The van der Waals surface area contributed by atoms with Crippen molar-refractivity contribution in [1.82, 2.24) is 5.32 Å². The molecule has 1 saturated heterocycles. The number of rotatable bonds is 5. The molecule has 2 aliphatic rings. The van der Waals surface area contributed by atoms with Gasteiger partial charge < -0.3 is 24.8 Å². The van der Waals surface area contributed by atoms with Gasteiger partial charge in [0.1, 0.15) is 29.0 Å². The van der Waals surface area contributed by atoms with Gasteiger partial charge in [-0.3, -0.25) is 9.69 Å². The third kappa shape index (κ3) is 3.91. The first kappa shape index (κ1) is 22.9. The third-order valence-corrected chi connectivity index (χ3v) is 6.73. The number of thiocarbonyl (C=S) groups is 1. The molecule has 1 amide bonds. The van der Waals surface area contributed by atoms with E-state index in [0.717, 1.165) is 5.56 Å². The number of ether oxygens (including phenoxy) is 3. The molecule has 0 spiro atoms. The molecule has 180 valence electrons. The van der Waals surface area contributed by atoms with Crippen molar-refractivity contribution in [2.75, 3.05) is 24.4 Å². The lowest BCUT2D eigenvalue weighted by atomic mass is 9.78. The van der Waals surface area contributed by atoms with Crippen LogP contribution in [-0.2, 0) is 4.79 Å². The first-order valence-electron chi connectivity index (χ1n) is 11.0. The maximum absolute atomic E-state index is 13.8. The van der Waals surface area contributed by atoms with Crippen LogP contribution in [0, 0.1) is 11.7 Å². The summed E-state index contributed by atoms with van der Waals surface area (Å²) in [6.45, 7) is 1.82. The van der Waals surface area contributed by atoms with Crippen molar-refractivity contribution in [2.45, 2.75) is 18.7 Å². The van der Waals surface area contributed by atoms with E-state index in [2.05, 4.69) is 10.6 Å². The van der Waals surface area contributed by atoms with Gasteiger partial charge in [-0.2, -0.15) is 0 Å². The molecule has 0 unspecified atom stereocenters. The SMILES string of the molecule is COc1ccc(NC(=O)[C@@H]2[C@H]3NC(=S)N(c4ccc(F)cc4)[C@@]2(C)Oc2ccc(OC)cc23)cc1. The van der Waals surface area contributed by atoms with Crippen molar-refractivity contribution in [3.8, 4) is 17.2 Å². The van der Waals surface area contributed by atoms with E-state index < -0.39 is 17.7 Å². The highest BCUT2D eigenvalue weighted by Crippen LogP contribution is 2.50. The van der Waals surface area contributed by atoms with E-state index in [0.29, 0.717) is 33.7 Å². The average Bonchev–Trinajstić information content (AvgIpc) is 2.85. The lowest BCUT2D eigenvalue weighted by Gasteiger charge is -2.56. The fourth-order valence-corrected chi connectivity index (χ4v) is 5.18. The van der Waals surface area contributed by atoms with Crippen LogP contribution in [0.15, 0.2) is 66.7 Å². The number of anilines is 2. The zero-order valence-corrected chi connectivity index (χ0v) is 20.2. The van der Waals surface area contributed by atoms with E-state index in [1.807, 2.05) is 19.1 Å². The summed E-state index contributed by atoms with van der Waals surface area (Å²) in [6.07, 6.45) is 0. The number of nitrogens with zero attached hydrogens (tertiary/aromatic N) is 1. The van der Waals surface area contributed by atoms with Crippen molar-refractivity contribution in [3.63, 3.8) is 0 Å². The Morgan fingerprint density at radius 3 is 2.37 bits per heavy atom. The predicted octanol–water partition coefficient (Wildman–Crippen LogP) is 4.64. The second kappa shape index (κ2) is 8.74. The standard InChI is InChI=1S/C26H24FN3O4S/c1-26-22(24(31)28-16-6-10-18(32-2)11-7-16)23(20-14-19(33-3)12-13-21(20)34-26)29-25(35)30(26)17-8-4-15(27)5-9-17/h4-14,22-23H,1-3H3,(H,28,31)(H,29,35)/t22-,23-,26-/m0/s1. The van der Waals surface area contributed by atoms with Crippen LogP contribution >= 0.6 is 12.2 Å². The van der Waals surface area contributed by atoms with Crippen LogP contribution in [0.25, 0.3) is 0 Å². The van der Waals surface area contributed by atoms with Gasteiger partial charge in [0.05, 0.1) is 20.3 Å². The van der Waals surface area contributed by atoms with Crippen molar-refractivity contribution in [3.05, 3.63) is 78.1 Å². The summed E-state index contributed by atoms with van der Waals surface area (Å²) in [5.41, 5.74) is 0.773. The van der Waals surface area contributed by atoms with Crippen molar-refractivity contribution >= 4 is 34.6 Å². The number of carbonyl (C=O) groups is 1. The number of carbonyl (C=O) groups excluding carboxylic acids is 1. The maximum atomic E-state index is 13.8. The molecule has 0 saturated carbocycles. The first-order valence-corrected chi connectivity index (χ1v) is 11.4. The molecule has 2 bridgehead atoms. The Morgan fingerprint density at radius 1 is 1.06 bits per heavy atom. The van der Waals surface area contributed by atoms with Crippen LogP contribution < -0.4 is 29.7 Å². The fraction of sp³-hybridized carbons (Fsp3) is 0.231. The van der Waals surface area contributed by atoms with Gasteiger partial charge in [-0.15, -0.1) is 0 Å². The lowest BCUT2D eigenvalue weighted by molar-refractivity contribution is -0.130. The van der Waals surface area contributed by atoms with Gasteiger partial charge in [-0.05, 0) is 85.9 Å². The minimum absolute atomic E-state index is 0.266. The summed E-state index contributed by atoms with van der Waals surface area (Å²) in [5.74, 6) is 0.555. The van der Waals surface area contributed by atoms with Crippen LogP contribution in [0.5, 0.6) is 17.2 Å². The molecule has 3 atom stereocenters. The molecule has 2 heterocycles. The monoisotopic (exact) mass is 493 g/mol. The average molecular weight is 494 g/mol. The van der Waals surface area contributed by atoms with E-state index in [1.165, 1.54) is 12.1 Å². The molecule has 1 fully saturated rings. The normalized spacial score (nSPS) is 22.4. The number of benzene rings is 3. The summed E-state index contributed by atoms with van der Waals surface area (Å²) >= 11 is 5.72. The number of fused-ring (bicyclic) bond motifs is 4. The van der Waals surface area contributed by atoms with Gasteiger partial charge >= 0.3 is 0 Å². The Balaban J connectivity index is 1.60. The van der Waals surface area contributed by atoms with E-state index in [-0.39, 0.29) is 11.7 Å². The summed E-state index contributed by atoms with van der Waals surface area (Å²) in [4.78, 5) is 15.5. The zero-order chi connectivity index (χ0) is 24.7. The van der Waals surface area contributed by atoms with Gasteiger partial charge in [-0.1, -0.05) is 0 Å². The van der Waals surface area contributed by atoms with Gasteiger partial charge in [0, 0.05) is 16.9 Å². The van der Waals surface area contributed by atoms with Crippen LogP contribution in [0.3, 0.4) is 0 Å². The molecular weight excluding hydrogens is 469 g/mol. The molecule has 3 aromatic carbocycles. The minimum atomic E-state index is -1.21. The minimum Gasteiger partial charge on any atom is -0.497 e. The number of methoxy groups -OCH3 is 2. The molecule has 0 radical (unpaired) electrons. The molecule has 2 N–H and O–H groups in total. The van der Waals surface area contributed by atoms with E-state index in [1.54, 1.807) is 61.6 Å². The molecular formula is C26H24FN3O4S. The summed E-state index contributed by atoms with van der Waals surface area (Å²) in [5, 5.41) is 6.69. The Hall–Kier alpha value is -3.85. The third-order valence-electron chi connectivity index (χ3n) is 6.43. The van der Waals surface area contributed by atoms with Gasteiger partial charge in [0.2, 0.25) is 5.91 Å². The van der Waals surface area contributed by atoms with Gasteiger partial charge in [0.25, 0.3) is 0 Å². The highest BCUT2D eigenvalue weighted by Gasteiger charge is 2.59. The number of amides is 1. The van der Waals surface area contributed by atoms with Crippen LogP contribution in [0.2, 0.25) is 0 Å². The Kier molecular flexibility index (Phi) is 5.72. The van der Waals surface area contributed by atoms with Gasteiger partial charge in [-0.25, -0.2) is 4.39 Å². The Bertz CT molecular complexity index is 1280. The highest BCUT2D eigenvalue weighted by atomic mass is 32.1. The van der Waals surface area contributed by atoms with Crippen LogP contribution in [-0.4, -0.2) is 31.0 Å². The molecule has 0 aromatic heterocycles. The predicted molar refractivity (Wildman–Crippen MR) is 134 cm³/mol. The number of nitrogens with one attached hydrogen (secondary N) is 2. The first-order chi connectivity index (χ1) is 16.8. The largest absolute Gasteiger partial charge is 0.497 e. The molecule has 0 aliphatic carbocycles. The smallest absolute Gasteiger partial charge is 0.236 e. The molecule has 9 heteroatoms. The van der Waals surface area contributed by atoms with Crippen LogP contribution in [0.1, 0.15) is 18.5 Å². The fourth-order valence-electron chi connectivity index (χ4n) is 4.76. The molecule has 2 aliphatic heterocycles. The van der Waals surface area contributed by atoms with Crippen molar-refractivity contribution < 1.29 is 23.4 Å². The zero-order valence-electron chi connectivity index (χ0n) is 19.4.